The lowest BCUT2D eigenvalue weighted by atomic mass is 10.1. The van der Waals surface area contributed by atoms with Crippen molar-refractivity contribution < 1.29 is 4.74 Å². The topological polar surface area (TPSA) is 34.1 Å². The molecule has 0 fully saturated rings. The molecule has 0 aliphatic carbocycles. The normalized spacial score (nSPS) is 10.4. The fourth-order valence-corrected chi connectivity index (χ4v) is 2.14. The minimum absolute atomic E-state index is 0.562. The Balaban J connectivity index is 2.13. The predicted molar refractivity (Wildman–Crippen MR) is 83.4 cm³/mol. The fraction of sp³-hybridized carbons (Fsp3) is 0.353. The van der Waals surface area contributed by atoms with Crippen molar-refractivity contribution in [2.24, 2.45) is 0 Å². The summed E-state index contributed by atoms with van der Waals surface area (Å²) in [7, 11) is 0. The first kappa shape index (κ1) is 14.4. The summed E-state index contributed by atoms with van der Waals surface area (Å²) in [4.78, 5) is 4.27. The van der Waals surface area contributed by atoms with Gasteiger partial charge in [0, 0.05) is 12.7 Å². The molecule has 2 rings (SSSR count). The number of anilines is 1. The van der Waals surface area contributed by atoms with Gasteiger partial charge in [-0.2, -0.15) is 0 Å². The maximum absolute atomic E-state index is 6.01. The van der Waals surface area contributed by atoms with E-state index < -0.39 is 0 Å². The highest BCUT2D eigenvalue weighted by atomic mass is 16.5. The largest absolute Gasteiger partial charge is 0.488 e. The zero-order valence-electron chi connectivity index (χ0n) is 12.7. The molecule has 0 unspecified atom stereocenters. The molecule has 0 saturated carbocycles. The number of nitrogens with one attached hydrogen (secondary N) is 1. The number of ether oxygens (including phenoxy) is 1. The van der Waals surface area contributed by atoms with Crippen molar-refractivity contribution in [3.63, 3.8) is 0 Å². The van der Waals surface area contributed by atoms with Crippen molar-refractivity contribution in [3.8, 4) is 5.75 Å². The third-order valence-electron chi connectivity index (χ3n) is 3.44. The highest BCUT2D eigenvalue weighted by Crippen LogP contribution is 2.26. The highest BCUT2D eigenvalue weighted by Gasteiger charge is 2.07. The molecule has 2 aromatic rings. The van der Waals surface area contributed by atoms with Crippen molar-refractivity contribution in [3.05, 3.63) is 52.7 Å². The fourth-order valence-electron chi connectivity index (χ4n) is 2.14. The molecule has 0 bridgehead atoms. The second-order valence-corrected chi connectivity index (χ2v) is 5.02. The zero-order chi connectivity index (χ0) is 14.5. The molecule has 0 amide bonds. The van der Waals surface area contributed by atoms with E-state index in [-0.39, 0.29) is 0 Å². The smallest absolute Gasteiger partial charge is 0.126 e. The third-order valence-corrected chi connectivity index (χ3v) is 3.44. The van der Waals surface area contributed by atoms with Gasteiger partial charge in [-0.3, -0.25) is 0 Å². The number of aryl methyl sites for hydroxylation is 2. The van der Waals surface area contributed by atoms with Crippen LogP contribution in [0.4, 0.5) is 5.82 Å². The molecule has 0 saturated heterocycles. The third kappa shape index (κ3) is 3.29. The first-order chi connectivity index (χ1) is 9.61. The van der Waals surface area contributed by atoms with Gasteiger partial charge in [0.15, 0.2) is 0 Å². The molecule has 0 aliphatic rings. The molecule has 0 atom stereocenters. The Morgan fingerprint density at radius 2 is 1.85 bits per heavy atom. The second kappa shape index (κ2) is 6.42. The van der Waals surface area contributed by atoms with E-state index in [2.05, 4.69) is 50.1 Å². The molecular formula is C17H22N2O. The van der Waals surface area contributed by atoms with E-state index in [1.165, 1.54) is 16.7 Å². The Kier molecular flexibility index (Phi) is 4.61. The number of pyridine rings is 1. The maximum atomic E-state index is 6.01. The second-order valence-electron chi connectivity index (χ2n) is 5.02. The molecule has 20 heavy (non-hydrogen) atoms. The van der Waals surface area contributed by atoms with Crippen LogP contribution in [0.15, 0.2) is 30.5 Å². The van der Waals surface area contributed by atoms with Gasteiger partial charge in [-0.05, 0) is 62.1 Å². The lowest BCUT2D eigenvalue weighted by molar-refractivity contribution is 0.301. The Morgan fingerprint density at radius 1 is 1.10 bits per heavy atom. The molecule has 106 valence electrons. The zero-order valence-corrected chi connectivity index (χ0v) is 12.7. The van der Waals surface area contributed by atoms with Crippen molar-refractivity contribution >= 4 is 5.82 Å². The number of hydrogen-bond donors (Lipinski definition) is 1. The van der Waals surface area contributed by atoms with Crippen molar-refractivity contribution in [2.75, 3.05) is 11.9 Å². The van der Waals surface area contributed by atoms with Gasteiger partial charge < -0.3 is 10.1 Å². The van der Waals surface area contributed by atoms with E-state index in [0.717, 1.165) is 23.7 Å². The van der Waals surface area contributed by atoms with Crippen LogP contribution in [0.1, 0.15) is 29.2 Å². The standard InChI is InChI=1S/C17H22N2O/c1-5-18-16-10-15(8-9-19-16)11-20-17-13(3)7-6-12(2)14(17)4/h6-10H,5,11H2,1-4H3,(H,18,19). The number of hydrogen-bond acceptors (Lipinski definition) is 3. The predicted octanol–water partition coefficient (Wildman–Crippen LogP) is 4.02. The van der Waals surface area contributed by atoms with Crippen LogP contribution in [0.5, 0.6) is 5.75 Å². The van der Waals surface area contributed by atoms with Gasteiger partial charge in [0.2, 0.25) is 0 Å². The van der Waals surface area contributed by atoms with Crippen LogP contribution >= 0.6 is 0 Å². The van der Waals surface area contributed by atoms with Crippen LogP contribution < -0.4 is 10.1 Å². The summed E-state index contributed by atoms with van der Waals surface area (Å²) in [5.41, 5.74) is 4.77. The van der Waals surface area contributed by atoms with Gasteiger partial charge in [0.05, 0.1) is 0 Å². The molecule has 0 spiro atoms. The van der Waals surface area contributed by atoms with E-state index in [4.69, 9.17) is 4.74 Å². The van der Waals surface area contributed by atoms with E-state index >= 15 is 0 Å². The van der Waals surface area contributed by atoms with Crippen LogP contribution in [0, 0.1) is 20.8 Å². The monoisotopic (exact) mass is 270 g/mol. The quantitative estimate of drug-likeness (QED) is 0.891. The van der Waals surface area contributed by atoms with Gasteiger partial charge >= 0.3 is 0 Å². The van der Waals surface area contributed by atoms with Crippen LogP contribution in [0.2, 0.25) is 0 Å². The minimum atomic E-state index is 0.562. The lowest BCUT2D eigenvalue weighted by Crippen LogP contribution is -2.03. The van der Waals surface area contributed by atoms with Crippen LogP contribution in [0.3, 0.4) is 0 Å². The average molecular weight is 270 g/mol. The summed E-state index contributed by atoms with van der Waals surface area (Å²) < 4.78 is 6.01. The Morgan fingerprint density at radius 3 is 2.60 bits per heavy atom. The Hall–Kier alpha value is -2.03. The number of nitrogens with zero attached hydrogens (tertiary/aromatic N) is 1. The SMILES string of the molecule is CCNc1cc(COc2c(C)ccc(C)c2C)ccn1. The van der Waals surface area contributed by atoms with E-state index in [9.17, 15) is 0 Å². The van der Waals surface area contributed by atoms with Crippen LogP contribution in [0.25, 0.3) is 0 Å². The number of benzene rings is 1. The van der Waals surface area contributed by atoms with Gasteiger partial charge in [0.25, 0.3) is 0 Å². The summed E-state index contributed by atoms with van der Waals surface area (Å²) in [6.07, 6.45) is 1.81. The lowest BCUT2D eigenvalue weighted by Gasteiger charge is -2.14. The van der Waals surface area contributed by atoms with Gasteiger partial charge in [0.1, 0.15) is 18.2 Å². The average Bonchev–Trinajstić information content (AvgIpc) is 2.44. The minimum Gasteiger partial charge on any atom is -0.488 e. The Labute approximate surface area is 121 Å². The first-order valence-electron chi connectivity index (χ1n) is 7.00. The van der Waals surface area contributed by atoms with Crippen LogP contribution in [-0.2, 0) is 6.61 Å². The molecule has 3 heteroatoms. The molecule has 1 aromatic carbocycles. The van der Waals surface area contributed by atoms with Crippen molar-refractivity contribution in [1.82, 2.24) is 4.98 Å². The number of rotatable bonds is 5. The molecule has 1 aromatic heterocycles. The molecule has 0 aliphatic heterocycles. The molecule has 3 nitrogen and oxygen atoms in total. The summed E-state index contributed by atoms with van der Waals surface area (Å²) >= 11 is 0. The summed E-state index contributed by atoms with van der Waals surface area (Å²) in [6, 6.07) is 8.26. The van der Waals surface area contributed by atoms with E-state index in [0.29, 0.717) is 6.61 Å². The van der Waals surface area contributed by atoms with E-state index in [1.807, 2.05) is 18.3 Å². The number of aromatic nitrogens is 1. The molecular weight excluding hydrogens is 248 g/mol. The van der Waals surface area contributed by atoms with Crippen LogP contribution in [-0.4, -0.2) is 11.5 Å². The maximum Gasteiger partial charge on any atom is 0.126 e. The van der Waals surface area contributed by atoms with Crippen molar-refractivity contribution in [2.45, 2.75) is 34.3 Å². The van der Waals surface area contributed by atoms with Gasteiger partial charge in [-0.1, -0.05) is 12.1 Å². The highest BCUT2D eigenvalue weighted by molar-refractivity contribution is 5.45. The molecule has 0 radical (unpaired) electrons. The summed E-state index contributed by atoms with van der Waals surface area (Å²) in [5.74, 6) is 1.89. The molecule has 1 N–H and O–H groups in total. The Bertz CT molecular complexity index is 594. The summed E-state index contributed by atoms with van der Waals surface area (Å²) in [5, 5.41) is 3.21. The molecule has 1 heterocycles. The van der Waals surface area contributed by atoms with Gasteiger partial charge in [-0.25, -0.2) is 4.98 Å². The van der Waals surface area contributed by atoms with Gasteiger partial charge in [-0.15, -0.1) is 0 Å². The summed E-state index contributed by atoms with van der Waals surface area (Å²) in [6.45, 7) is 9.79. The van der Waals surface area contributed by atoms with E-state index in [1.54, 1.807) is 0 Å². The van der Waals surface area contributed by atoms with Crippen molar-refractivity contribution in [1.29, 1.82) is 0 Å². The first-order valence-corrected chi connectivity index (χ1v) is 7.00.